The van der Waals surface area contributed by atoms with E-state index in [1.807, 2.05) is 37.3 Å². The molecule has 12 heteroatoms. The van der Waals surface area contributed by atoms with Gasteiger partial charge in [-0.05, 0) is 65.8 Å². The zero-order chi connectivity index (χ0) is 31.4. The highest BCUT2D eigenvalue weighted by molar-refractivity contribution is 8.14. The third kappa shape index (κ3) is 7.42. The number of benzene rings is 3. The Bertz CT molecular complexity index is 1640. The molecule has 3 aromatic carbocycles. The van der Waals surface area contributed by atoms with Gasteiger partial charge >= 0.3 is 12.4 Å². The number of nitrogens with one attached hydrogen (secondary N) is 1. The maximum absolute atomic E-state index is 12.8. The fourth-order valence-corrected chi connectivity index (χ4v) is 6.08. The zero-order valence-corrected chi connectivity index (χ0v) is 25.6. The number of hydrogen-bond acceptors (Lipinski definition) is 5. The first-order valence-electron chi connectivity index (χ1n) is 14.2. The van der Waals surface area contributed by atoms with Crippen molar-refractivity contribution in [2.24, 2.45) is 4.99 Å². The van der Waals surface area contributed by atoms with Crippen molar-refractivity contribution in [1.29, 1.82) is 0 Å². The summed E-state index contributed by atoms with van der Waals surface area (Å²) in [5.41, 5.74) is 5.96. The van der Waals surface area contributed by atoms with E-state index in [9.17, 15) is 18.0 Å². The Hall–Kier alpha value is -4.32. The number of amidine groups is 1. The quantitative estimate of drug-likeness (QED) is 0.217. The molecule has 1 saturated heterocycles. The monoisotopic (exact) mass is 622 g/mol. The van der Waals surface area contributed by atoms with Crippen molar-refractivity contribution >= 4 is 28.6 Å². The number of aromatic nitrogens is 3. The molecule has 1 aliphatic heterocycles. The standard InChI is InChI=1S/C32H33F3N6O2S/c1-20(2)28-21(3)6-5-7-27(28)40-16-17-44-31(40)38-30(42)36-18-22(4)23-8-10-24(11-9-23)29-37-19-41(39-29)25-12-14-26(15-13-25)43-32(33,34)35/h5-15,19-20,22H,16-18H2,1-4H3,(H,36,42). The Labute approximate surface area is 258 Å². The molecule has 1 fully saturated rings. The molecule has 1 N–H and O–H groups in total. The Balaban J connectivity index is 1.19. The molecule has 5 rings (SSSR count). The van der Waals surface area contributed by atoms with Crippen LogP contribution in [0.15, 0.2) is 78.0 Å². The molecule has 0 aliphatic carbocycles. The highest BCUT2D eigenvalue weighted by Crippen LogP contribution is 2.34. The topological polar surface area (TPSA) is 84.6 Å². The van der Waals surface area contributed by atoms with Gasteiger partial charge in [-0.1, -0.05) is 68.9 Å². The minimum atomic E-state index is -4.75. The highest BCUT2D eigenvalue weighted by Gasteiger charge is 2.31. The maximum Gasteiger partial charge on any atom is 0.573 e. The molecule has 1 atom stereocenters. The molecular weight excluding hydrogens is 589 g/mol. The lowest BCUT2D eigenvalue weighted by Gasteiger charge is -2.24. The predicted molar refractivity (Wildman–Crippen MR) is 168 cm³/mol. The average Bonchev–Trinajstić information content (AvgIpc) is 3.66. The number of urea groups is 1. The van der Waals surface area contributed by atoms with Crippen LogP contribution < -0.4 is 15.0 Å². The molecule has 0 spiro atoms. The third-order valence-electron chi connectivity index (χ3n) is 7.27. The number of carbonyl (C=O) groups excluding carboxylic acids is 1. The van der Waals surface area contributed by atoms with Crippen LogP contribution in [0, 0.1) is 6.92 Å². The number of hydrogen-bond donors (Lipinski definition) is 1. The van der Waals surface area contributed by atoms with E-state index in [1.54, 1.807) is 11.8 Å². The van der Waals surface area contributed by atoms with E-state index in [4.69, 9.17) is 0 Å². The van der Waals surface area contributed by atoms with E-state index >= 15 is 0 Å². The minimum absolute atomic E-state index is 0.0350. The van der Waals surface area contributed by atoms with E-state index < -0.39 is 6.36 Å². The van der Waals surface area contributed by atoms with Crippen molar-refractivity contribution in [2.45, 2.75) is 45.9 Å². The number of aliphatic imine (C=N–C) groups is 1. The molecule has 0 bridgehead atoms. The Morgan fingerprint density at radius 2 is 1.80 bits per heavy atom. The van der Waals surface area contributed by atoms with Crippen molar-refractivity contribution in [2.75, 3.05) is 23.7 Å². The molecule has 2 heterocycles. The number of aryl methyl sites for hydroxylation is 1. The van der Waals surface area contributed by atoms with E-state index in [-0.39, 0.29) is 17.7 Å². The fourth-order valence-electron chi connectivity index (χ4n) is 5.14. The van der Waals surface area contributed by atoms with Gasteiger partial charge in [-0.15, -0.1) is 18.3 Å². The van der Waals surface area contributed by atoms with Crippen molar-refractivity contribution < 1.29 is 22.7 Å². The van der Waals surface area contributed by atoms with Crippen molar-refractivity contribution in [3.05, 3.63) is 89.7 Å². The van der Waals surface area contributed by atoms with Crippen LogP contribution in [0.4, 0.5) is 23.7 Å². The third-order valence-corrected chi connectivity index (χ3v) is 8.22. The van der Waals surface area contributed by atoms with Gasteiger partial charge < -0.3 is 15.0 Å². The molecule has 1 unspecified atom stereocenters. The van der Waals surface area contributed by atoms with Crippen molar-refractivity contribution in [1.82, 2.24) is 20.1 Å². The highest BCUT2D eigenvalue weighted by atomic mass is 32.2. The fraction of sp³-hybridized carbons (Fsp3) is 0.312. The van der Waals surface area contributed by atoms with Crippen molar-refractivity contribution in [3.63, 3.8) is 0 Å². The van der Waals surface area contributed by atoms with Crippen LogP contribution in [0.1, 0.15) is 49.3 Å². The van der Waals surface area contributed by atoms with Gasteiger partial charge in [0.1, 0.15) is 12.1 Å². The number of ether oxygens (including phenoxy) is 1. The number of alkyl halides is 3. The zero-order valence-electron chi connectivity index (χ0n) is 24.8. The molecule has 230 valence electrons. The Morgan fingerprint density at radius 3 is 2.48 bits per heavy atom. The summed E-state index contributed by atoms with van der Waals surface area (Å²) >= 11 is 1.59. The van der Waals surface area contributed by atoms with Gasteiger partial charge in [-0.25, -0.2) is 14.5 Å². The van der Waals surface area contributed by atoms with Crippen LogP contribution in [0.2, 0.25) is 0 Å². The average molecular weight is 623 g/mol. The van der Waals surface area contributed by atoms with Gasteiger partial charge in [0.05, 0.1) is 5.69 Å². The van der Waals surface area contributed by atoms with E-state index in [0.29, 0.717) is 29.1 Å². The molecule has 0 saturated carbocycles. The molecule has 4 aromatic rings. The second-order valence-corrected chi connectivity index (χ2v) is 11.9. The normalized spacial score (nSPS) is 15.2. The lowest BCUT2D eigenvalue weighted by molar-refractivity contribution is -0.274. The lowest BCUT2D eigenvalue weighted by atomic mass is 9.95. The molecule has 1 aromatic heterocycles. The van der Waals surface area contributed by atoms with E-state index in [2.05, 4.69) is 62.9 Å². The van der Waals surface area contributed by atoms with Crippen molar-refractivity contribution in [3.8, 4) is 22.8 Å². The van der Waals surface area contributed by atoms with Gasteiger partial charge in [-0.2, -0.15) is 4.99 Å². The number of halogens is 3. The first kappa shape index (κ1) is 31.1. The summed E-state index contributed by atoms with van der Waals surface area (Å²) in [5.74, 6) is 1.42. The SMILES string of the molecule is Cc1cccc(N2CCSC2=NC(=O)NCC(C)c2ccc(-c3ncn(-c4ccc(OC(F)(F)F)cc4)n3)cc2)c1C(C)C. The van der Waals surface area contributed by atoms with Crippen LogP contribution in [-0.4, -0.2) is 51.2 Å². The molecule has 1 aliphatic rings. The second kappa shape index (κ2) is 13.1. The number of carbonyl (C=O) groups is 1. The molecule has 44 heavy (non-hydrogen) atoms. The molecule has 0 radical (unpaired) electrons. The number of nitrogens with zero attached hydrogens (tertiary/aromatic N) is 5. The van der Waals surface area contributed by atoms with Crippen LogP contribution in [-0.2, 0) is 0 Å². The first-order valence-corrected chi connectivity index (χ1v) is 15.2. The number of anilines is 1. The number of amides is 2. The van der Waals surface area contributed by atoms with Crippen LogP contribution in [0.25, 0.3) is 17.1 Å². The Morgan fingerprint density at radius 1 is 1.07 bits per heavy atom. The molecule has 8 nitrogen and oxygen atoms in total. The largest absolute Gasteiger partial charge is 0.573 e. The van der Waals surface area contributed by atoms with Crippen LogP contribution >= 0.6 is 11.8 Å². The summed E-state index contributed by atoms with van der Waals surface area (Å²) in [6.07, 6.45) is -3.25. The summed E-state index contributed by atoms with van der Waals surface area (Å²) < 4.78 is 42.7. The van der Waals surface area contributed by atoms with Gasteiger partial charge in [-0.3, -0.25) is 0 Å². The van der Waals surface area contributed by atoms with E-state index in [0.717, 1.165) is 29.1 Å². The lowest BCUT2D eigenvalue weighted by Crippen LogP contribution is -2.30. The van der Waals surface area contributed by atoms with Gasteiger partial charge in [0, 0.05) is 30.1 Å². The maximum atomic E-state index is 12.8. The first-order chi connectivity index (χ1) is 21.0. The van der Waals surface area contributed by atoms with Gasteiger partial charge in [0.25, 0.3) is 0 Å². The number of thioether (sulfide) groups is 1. The molecule has 2 amide bonds. The minimum Gasteiger partial charge on any atom is -0.406 e. The van der Waals surface area contributed by atoms with E-state index in [1.165, 1.54) is 46.4 Å². The summed E-state index contributed by atoms with van der Waals surface area (Å²) in [4.78, 5) is 23.7. The smallest absolute Gasteiger partial charge is 0.406 e. The van der Waals surface area contributed by atoms with Crippen LogP contribution in [0.5, 0.6) is 5.75 Å². The summed E-state index contributed by atoms with van der Waals surface area (Å²) in [6.45, 7) is 9.73. The summed E-state index contributed by atoms with van der Waals surface area (Å²) in [7, 11) is 0. The summed E-state index contributed by atoms with van der Waals surface area (Å²) in [5, 5.41) is 8.11. The van der Waals surface area contributed by atoms with Gasteiger partial charge in [0.2, 0.25) is 0 Å². The van der Waals surface area contributed by atoms with Crippen LogP contribution in [0.3, 0.4) is 0 Å². The summed E-state index contributed by atoms with van der Waals surface area (Å²) in [6, 6.07) is 19.0. The predicted octanol–water partition coefficient (Wildman–Crippen LogP) is 7.69. The molecular formula is C32H33F3N6O2S. The Kier molecular flexibility index (Phi) is 9.28. The second-order valence-electron chi connectivity index (χ2n) is 10.8. The number of rotatable bonds is 8. The van der Waals surface area contributed by atoms with Gasteiger partial charge in [0.15, 0.2) is 11.0 Å².